The normalized spacial score (nSPS) is 22.5. The van der Waals surface area contributed by atoms with Crippen molar-refractivity contribution in [2.24, 2.45) is 11.3 Å². The minimum atomic E-state index is -4.60. The van der Waals surface area contributed by atoms with Crippen LogP contribution in [0.1, 0.15) is 112 Å². The Bertz CT molecular complexity index is 3280. The SMILES string of the molecule is CC(C)c1ccccc1[C@@H]1CN(Cc2ccnc3c2OCC(C)(C)O3)CCN1C1CC2(C1)CN(c1ccc(C(=O)NS(=O)(=O)c3ccc(NC[C@H]4CC[C@](C)(O)CC4)c([N+](=O)[O-])c3)c(Oc3cnc4[nH]ccc4c3)c1)C2. The van der Waals surface area contributed by atoms with Gasteiger partial charge in [-0.05, 0) is 125 Å². The number of nitro groups is 1. The molecule has 76 heavy (non-hydrogen) atoms. The van der Waals surface area contributed by atoms with Crippen LogP contribution >= 0.6 is 0 Å². The fraction of sp³-hybridized carbons (Fsp3) is 0.456. The molecule has 19 heteroatoms. The number of H-pyrrole nitrogens is 1. The van der Waals surface area contributed by atoms with E-state index in [2.05, 4.69) is 77.8 Å². The maximum Gasteiger partial charge on any atom is 0.293 e. The molecule has 4 fully saturated rings. The Morgan fingerprint density at radius 1 is 1.00 bits per heavy atom. The van der Waals surface area contributed by atoms with Crippen LogP contribution in [0.15, 0.2) is 102 Å². The van der Waals surface area contributed by atoms with Gasteiger partial charge < -0.3 is 34.5 Å². The molecule has 3 aliphatic heterocycles. The highest BCUT2D eigenvalue weighted by Gasteiger charge is 2.55. The highest BCUT2D eigenvalue weighted by Crippen LogP contribution is 2.54. The fourth-order valence-corrected chi connectivity index (χ4v) is 13.1. The van der Waals surface area contributed by atoms with Gasteiger partial charge in [-0.2, -0.15) is 0 Å². The lowest BCUT2D eigenvalue weighted by Crippen LogP contribution is -2.68. The van der Waals surface area contributed by atoms with E-state index in [1.807, 2.05) is 39.1 Å². The lowest BCUT2D eigenvalue weighted by Gasteiger charge is -2.63. The number of amides is 1. The number of anilines is 2. The van der Waals surface area contributed by atoms with E-state index < -0.39 is 42.6 Å². The summed E-state index contributed by atoms with van der Waals surface area (Å²) in [7, 11) is -4.60. The first-order valence-corrected chi connectivity index (χ1v) is 28.0. The highest BCUT2D eigenvalue weighted by molar-refractivity contribution is 7.90. The van der Waals surface area contributed by atoms with Gasteiger partial charge >= 0.3 is 0 Å². The zero-order chi connectivity index (χ0) is 53.1. The Morgan fingerprint density at radius 3 is 2.57 bits per heavy atom. The number of nitro benzene ring substituents is 1. The van der Waals surface area contributed by atoms with Gasteiger partial charge in [-0.1, -0.05) is 38.1 Å². The zero-order valence-corrected chi connectivity index (χ0v) is 44.6. The second-order valence-corrected chi connectivity index (χ2v) is 24.7. The lowest BCUT2D eigenvalue weighted by atomic mass is 9.59. The third-order valence-corrected chi connectivity index (χ3v) is 17.6. The largest absolute Gasteiger partial charge is 0.483 e. The Morgan fingerprint density at radius 2 is 1.79 bits per heavy atom. The minimum Gasteiger partial charge on any atom is -0.483 e. The third kappa shape index (κ3) is 10.5. The Balaban J connectivity index is 0.788. The number of fused-ring (bicyclic) bond motifs is 2. The van der Waals surface area contributed by atoms with Gasteiger partial charge in [-0.25, -0.2) is 23.1 Å². The number of aromatic nitrogens is 3. The maximum atomic E-state index is 14.1. The summed E-state index contributed by atoms with van der Waals surface area (Å²) in [6.45, 7) is 16.3. The Kier molecular flexibility index (Phi) is 13.5. The van der Waals surface area contributed by atoms with Crippen LogP contribution in [0.5, 0.6) is 23.1 Å². The van der Waals surface area contributed by atoms with Gasteiger partial charge in [-0.3, -0.25) is 24.7 Å². The molecule has 2 saturated heterocycles. The summed E-state index contributed by atoms with van der Waals surface area (Å²) in [6.07, 6.45) is 9.98. The molecule has 6 heterocycles. The summed E-state index contributed by atoms with van der Waals surface area (Å²) >= 11 is 0. The van der Waals surface area contributed by atoms with E-state index in [9.17, 15) is 28.4 Å². The van der Waals surface area contributed by atoms with Crippen LogP contribution < -0.4 is 29.1 Å². The van der Waals surface area contributed by atoms with E-state index in [-0.39, 0.29) is 34.4 Å². The van der Waals surface area contributed by atoms with E-state index in [4.69, 9.17) is 14.2 Å². The van der Waals surface area contributed by atoms with Crippen LogP contribution in [-0.2, 0) is 16.6 Å². The number of sulfonamides is 1. The van der Waals surface area contributed by atoms with E-state index >= 15 is 0 Å². The lowest BCUT2D eigenvalue weighted by molar-refractivity contribution is -0.384. The van der Waals surface area contributed by atoms with E-state index in [1.165, 1.54) is 29.5 Å². The summed E-state index contributed by atoms with van der Waals surface area (Å²) in [5.74, 6) is 1.37. The number of hydrogen-bond acceptors (Lipinski definition) is 15. The van der Waals surface area contributed by atoms with Crippen LogP contribution in [0.4, 0.5) is 17.1 Å². The van der Waals surface area contributed by atoms with Crippen molar-refractivity contribution in [2.45, 2.75) is 114 Å². The molecule has 3 aromatic heterocycles. The van der Waals surface area contributed by atoms with E-state index in [0.29, 0.717) is 55.2 Å². The van der Waals surface area contributed by atoms with Crippen molar-refractivity contribution in [1.29, 1.82) is 0 Å². The van der Waals surface area contributed by atoms with Crippen LogP contribution in [-0.4, -0.2) is 112 Å². The smallest absolute Gasteiger partial charge is 0.293 e. The molecule has 6 aromatic rings. The predicted octanol–water partition coefficient (Wildman–Crippen LogP) is 9.33. The molecule has 11 rings (SSSR count). The number of aromatic amines is 1. The molecule has 2 aliphatic carbocycles. The van der Waals surface area contributed by atoms with Crippen molar-refractivity contribution in [3.05, 3.63) is 130 Å². The van der Waals surface area contributed by atoms with Gasteiger partial charge in [0.25, 0.3) is 27.5 Å². The van der Waals surface area contributed by atoms with Gasteiger partial charge in [0.05, 0.1) is 27.2 Å². The number of piperazine rings is 1. The second-order valence-electron chi connectivity index (χ2n) is 23.0. The molecule has 400 valence electrons. The molecular weight excluding hydrogens is 987 g/mol. The van der Waals surface area contributed by atoms with Crippen molar-refractivity contribution in [1.82, 2.24) is 29.5 Å². The van der Waals surface area contributed by atoms with Crippen molar-refractivity contribution in [2.75, 3.05) is 56.1 Å². The van der Waals surface area contributed by atoms with E-state index in [1.54, 1.807) is 30.5 Å². The molecule has 0 bridgehead atoms. The molecule has 1 spiro atoms. The quantitative estimate of drug-likeness (QED) is 0.0556. The van der Waals surface area contributed by atoms with Gasteiger partial charge in [-0.15, -0.1) is 0 Å². The Hall–Kier alpha value is -6.80. The van der Waals surface area contributed by atoms with Gasteiger partial charge in [0, 0.05) is 104 Å². The molecule has 0 radical (unpaired) electrons. The van der Waals surface area contributed by atoms with Crippen LogP contribution in [0.3, 0.4) is 0 Å². The maximum absolute atomic E-state index is 14.1. The number of carbonyl (C=O) groups is 1. The summed E-state index contributed by atoms with van der Waals surface area (Å²) in [5.41, 5.74) is 3.95. The van der Waals surface area contributed by atoms with Crippen LogP contribution in [0, 0.1) is 21.4 Å². The summed E-state index contributed by atoms with van der Waals surface area (Å²) in [5, 5.41) is 26.5. The Labute approximate surface area is 443 Å². The van der Waals surface area contributed by atoms with Crippen LogP contribution in [0.2, 0.25) is 0 Å². The van der Waals surface area contributed by atoms with Gasteiger partial charge in [0.2, 0.25) is 0 Å². The first-order valence-electron chi connectivity index (χ1n) is 26.5. The monoisotopic (exact) mass is 1050 g/mol. The second kappa shape index (κ2) is 20.0. The molecule has 18 nitrogen and oxygen atoms in total. The predicted molar refractivity (Wildman–Crippen MR) is 289 cm³/mol. The zero-order valence-electron chi connectivity index (χ0n) is 43.8. The van der Waals surface area contributed by atoms with Crippen molar-refractivity contribution in [3.8, 4) is 23.1 Å². The average molecular weight is 1050 g/mol. The topological polar surface area (TPSA) is 218 Å². The number of ether oxygens (including phenoxy) is 3. The van der Waals surface area contributed by atoms with Crippen molar-refractivity contribution >= 4 is 44.0 Å². The number of pyridine rings is 2. The molecule has 1 atom stereocenters. The summed E-state index contributed by atoms with van der Waals surface area (Å²) in [4.78, 5) is 44.9. The van der Waals surface area contributed by atoms with Crippen molar-refractivity contribution in [3.63, 3.8) is 0 Å². The first-order chi connectivity index (χ1) is 36.3. The number of rotatable bonds is 15. The number of benzene rings is 3. The van der Waals surface area contributed by atoms with Crippen LogP contribution in [0.25, 0.3) is 11.0 Å². The number of aliphatic hydroxyl groups is 1. The molecule has 1 amide bonds. The summed E-state index contributed by atoms with van der Waals surface area (Å²) in [6, 6.07) is 23.8. The molecule has 2 saturated carbocycles. The number of nitrogens with zero attached hydrogens (tertiary/aromatic N) is 6. The molecular formula is C57H67N9O9S. The van der Waals surface area contributed by atoms with Gasteiger partial charge in [0.1, 0.15) is 35.0 Å². The first kappa shape index (κ1) is 51.3. The third-order valence-electron chi connectivity index (χ3n) is 16.3. The molecule has 3 aromatic carbocycles. The summed E-state index contributed by atoms with van der Waals surface area (Å²) < 4.78 is 48.7. The van der Waals surface area contributed by atoms with Gasteiger partial charge in [0.15, 0.2) is 5.75 Å². The number of carbonyl (C=O) groups excluding carboxylic acids is 1. The standard InChI is InChI=1S/C57H67N9O9S/c1-36(2)44-8-6-7-9-45(44)49-32-63(31-39-17-21-59-54-51(39)73-35-55(3,4)75-54)22-23-65(49)41-27-57(28-41)33-64(34-57)40-10-12-46(50(25-40)74-42-24-38-16-20-58-52(38)61-30-42)53(67)62-76(71,72)43-11-13-47(48(26-43)66(69)70)60-29-37-14-18-56(5,68)19-15-37/h6-13,16-17,20-21,24-26,30,36-37,41,49,60,68H,14-15,18-19,22-23,27-29,31-35H2,1-5H3,(H,58,61)(H,62,67)/t37-,49-,56-/m0/s1. The fourth-order valence-electron chi connectivity index (χ4n) is 12.1. The van der Waals surface area contributed by atoms with Crippen molar-refractivity contribution < 1.29 is 37.5 Å². The molecule has 5 aliphatic rings. The number of hydrogen-bond donors (Lipinski definition) is 4. The highest BCUT2D eigenvalue weighted by atomic mass is 32.2. The number of nitrogens with one attached hydrogen (secondary N) is 3. The minimum absolute atomic E-state index is 0.0415. The molecule has 4 N–H and O–H groups in total. The average Bonchev–Trinajstić information content (AvgIpc) is 3.84. The van der Waals surface area contributed by atoms with E-state index in [0.717, 1.165) is 93.4 Å². The molecule has 0 unspecified atom stereocenters.